The van der Waals surface area contributed by atoms with Crippen molar-refractivity contribution >= 4 is 23.5 Å². The predicted octanol–water partition coefficient (Wildman–Crippen LogP) is 1.86. The number of aliphatic imine (C=N–C) groups is 1. The summed E-state index contributed by atoms with van der Waals surface area (Å²) in [6.07, 6.45) is 2.18. The number of guanidine groups is 1. The molecule has 9 nitrogen and oxygen atoms in total. The van der Waals surface area contributed by atoms with Crippen LogP contribution in [0.5, 0.6) is 0 Å². The first kappa shape index (κ1) is 24.0. The summed E-state index contributed by atoms with van der Waals surface area (Å²) in [5.74, 6) is -0.225. The Morgan fingerprint density at radius 1 is 1.22 bits per heavy atom. The fraction of sp³-hybridized carbons (Fsp3) is 0.609. The van der Waals surface area contributed by atoms with Crippen LogP contribution in [0.25, 0.3) is 0 Å². The largest absolute Gasteiger partial charge is 0.478 e. The Morgan fingerprint density at radius 3 is 2.59 bits per heavy atom. The maximum atomic E-state index is 12.3. The number of benzene rings is 1. The molecule has 1 atom stereocenters. The van der Waals surface area contributed by atoms with Gasteiger partial charge in [0.25, 0.3) is 0 Å². The smallest absolute Gasteiger partial charge is 0.335 e. The topological polar surface area (TPSA) is 107 Å². The number of anilines is 1. The van der Waals surface area contributed by atoms with Gasteiger partial charge in [0.1, 0.15) is 0 Å². The second-order valence-corrected chi connectivity index (χ2v) is 9.37. The Kier molecular flexibility index (Phi) is 8.09. The van der Waals surface area contributed by atoms with Crippen molar-refractivity contribution in [3.63, 3.8) is 0 Å². The highest BCUT2D eigenvalue weighted by atomic mass is 16.5. The number of carbonyl (C=O) groups is 2. The molecule has 0 saturated carbocycles. The zero-order valence-electron chi connectivity index (χ0n) is 19.3. The van der Waals surface area contributed by atoms with Crippen molar-refractivity contribution in [2.24, 2.45) is 4.99 Å². The van der Waals surface area contributed by atoms with Crippen molar-refractivity contribution in [1.29, 1.82) is 0 Å². The van der Waals surface area contributed by atoms with Crippen LogP contribution in [0.4, 0.5) is 5.69 Å². The summed E-state index contributed by atoms with van der Waals surface area (Å²) >= 11 is 0. The molecule has 32 heavy (non-hydrogen) atoms. The monoisotopic (exact) mass is 445 g/mol. The Balaban J connectivity index is 1.63. The highest BCUT2D eigenvalue weighted by molar-refractivity contribution is 5.96. The van der Waals surface area contributed by atoms with E-state index in [0.29, 0.717) is 24.7 Å². The van der Waals surface area contributed by atoms with Gasteiger partial charge in [0.15, 0.2) is 5.96 Å². The van der Waals surface area contributed by atoms with Crippen LogP contribution in [0, 0.1) is 0 Å². The van der Waals surface area contributed by atoms with Crippen LogP contribution in [0.2, 0.25) is 0 Å². The third-order valence-electron chi connectivity index (χ3n) is 5.39. The van der Waals surface area contributed by atoms with Crippen LogP contribution in [-0.4, -0.2) is 90.3 Å². The fourth-order valence-corrected chi connectivity index (χ4v) is 3.83. The van der Waals surface area contributed by atoms with Gasteiger partial charge in [-0.1, -0.05) is 6.07 Å². The summed E-state index contributed by atoms with van der Waals surface area (Å²) in [5.41, 5.74) is 0.668. The summed E-state index contributed by atoms with van der Waals surface area (Å²) < 4.78 is 5.71. The molecule has 3 rings (SSSR count). The molecule has 2 aliphatic rings. The molecule has 0 bridgehead atoms. The van der Waals surface area contributed by atoms with Crippen LogP contribution in [0.1, 0.15) is 44.0 Å². The first-order valence-electron chi connectivity index (χ1n) is 11.2. The lowest BCUT2D eigenvalue weighted by Crippen LogP contribution is -2.54. The van der Waals surface area contributed by atoms with Crippen LogP contribution >= 0.6 is 0 Å². The van der Waals surface area contributed by atoms with E-state index in [0.717, 1.165) is 45.6 Å². The molecule has 3 N–H and O–H groups in total. The van der Waals surface area contributed by atoms with Crippen molar-refractivity contribution in [2.45, 2.75) is 45.3 Å². The lowest BCUT2D eigenvalue weighted by molar-refractivity contribution is -0.123. The lowest BCUT2D eigenvalue weighted by atomic mass is 10.1. The Bertz CT molecular complexity index is 822. The van der Waals surface area contributed by atoms with Gasteiger partial charge in [0.2, 0.25) is 5.91 Å². The number of nitrogens with zero attached hydrogens (tertiary/aromatic N) is 3. The number of rotatable bonds is 6. The molecule has 2 heterocycles. The van der Waals surface area contributed by atoms with E-state index < -0.39 is 5.97 Å². The SMILES string of the molecule is CC(C)(C)NC(=O)CN1CCN(C(=NC[C@H]2CCCO2)Nc2cccc(C(=O)O)c2)CC1. The molecule has 1 aromatic carbocycles. The second-order valence-electron chi connectivity index (χ2n) is 9.37. The van der Waals surface area contributed by atoms with Gasteiger partial charge >= 0.3 is 5.97 Å². The minimum Gasteiger partial charge on any atom is -0.478 e. The van der Waals surface area contributed by atoms with Crippen molar-refractivity contribution in [2.75, 3.05) is 51.2 Å². The summed E-state index contributed by atoms with van der Waals surface area (Å²) in [7, 11) is 0. The molecule has 1 amide bonds. The number of aromatic carboxylic acids is 1. The molecule has 0 aliphatic carbocycles. The number of nitrogens with one attached hydrogen (secondary N) is 2. The number of amides is 1. The molecule has 2 fully saturated rings. The molecular formula is C23H35N5O4. The van der Waals surface area contributed by atoms with Crippen molar-refractivity contribution < 1.29 is 19.4 Å². The van der Waals surface area contributed by atoms with Gasteiger partial charge in [0, 0.05) is 44.0 Å². The zero-order chi connectivity index (χ0) is 23.1. The van der Waals surface area contributed by atoms with E-state index in [1.807, 2.05) is 26.8 Å². The highest BCUT2D eigenvalue weighted by Gasteiger charge is 2.24. The third-order valence-corrected chi connectivity index (χ3v) is 5.39. The predicted molar refractivity (Wildman–Crippen MR) is 124 cm³/mol. The van der Waals surface area contributed by atoms with Gasteiger partial charge in [-0.05, 0) is 51.8 Å². The summed E-state index contributed by atoms with van der Waals surface area (Å²) in [6, 6.07) is 6.73. The van der Waals surface area contributed by atoms with Crippen molar-refractivity contribution in [3.8, 4) is 0 Å². The lowest BCUT2D eigenvalue weighted by Gasteiger charge is -2.36. The Morgan fingerprint density at radius 2 is 1.97 bits per heavy atom. The van der Waals surface area contributed by atoms with Gasteiger partial charge in [-0.25, -0.2) is 4.79 Å². The number of piperazine rings is 1. The summed E-state index contributed by atoms with van der Waals surface area (Å²) in [5, 5.41) is 15.6. The molecule has 176 valence electrons. The van der Waals surface area contributed by atoms with Gasteiger partial charge < -0.3 is 25.4 Å². The molecule has 9 heteroatoms. The van der Waals surface area contributed by atoms with Crippen LogP contribution in [0.15, 0.2) is 29.3 Å². The summed E-state index contributed by atoms with van der Waals surface area (Å²) in [6.45, 7) is 10.6. The van der Waals surface area contributed by atoms with Crippen LogP contribution < -0.4 is 10.6 Å². The normalized spacial score (nSPS) is 20.3. The van der Waals surface area contributed by atoms with Gasteiger partial charge in [-0.15, -0.1) is 0 Å². The second kappa shape index (κ2) is 10.8. The molecule has 2 saturated heterocycles. The van der Waals surface area contributed by atoms with E-state index in [-0.39, 0.29) is 23.1 Å². The molecule has 1 aromatic rings. The molecular weight excluding hydrogens is 410 g/mol. The number of carbonyl (C=O) groups excluding carboxylic acids is 1. The number of hydrogen-bond acceptors (Lipinski definition) is 5. The average Bonchev–Trinajstić information content (AvgIpc) is 3.24. The molecule has 2 aliphatic heterocycles. The first-order valence-corrected chi connectivity index (χ1v) is 11.2. The number of carboxylic acid groups (broad SMARTS) is 1. The third kappa shape index (κ3) is 7.49. The molecule has 0 unspecified atom stereocenters. The zero-order valence-corrected chi connectivity index (χ0v) is 19.3. The average molecular weight is 446 g/mol. The first-order chi connectivity index (χ1) is 15.2. The maximum absolute atomic E-state index is 12.3. The highest BCUT2D eigenvalue weighted by Crippen LogP contribution is 2.15. The van der Waals surface area contributed by atoms with E-state index >= 15 is 0 Å². The van der Waals surface area contributed by atoms with Gasteiger partial charge in [0.05, 0.1) is 24.8 Å². The fourth-order valence-electron chi connectivity index (χ4n) is 3.83. The Hall–Kier alpha value is -2.65. The van der Waals surface area contributed by atoms with E-state index in [4.69, 9.17) is 9.73 Å². The summed E-state index contributed by atoms with van der Waals surface area (Å²) in [4.78, 5) is 32.7. The van der Waals surface area contributed by atoms with E-state index in [1.54, 1.807) is 18.2 Å². The minimum absolute atomic E-state index is 0.0295. The standard InChI is InChI=1S/C23H35N5O4/c1-23(2,3)26-20(29)16-27-9-11-28(12-10-27)22(24-15-19-8-5-13-32-19)25-18-7-4-6-17(14-18)21(30)31/h4,6-7,14,19H,5,8-13,15-16H2,1-3H3,(H,24,25)(H,26,29)(H,30,31)/t19-/m1/s1. The molecule has 0 aromatic heterocycles. The van der Waals surface area contributed by atoms with Crippen molar-refractivity contribution in [1.82, 2.24) is 15.1 Å². The number of ether oxygens (including phenoxy) is 1. The molecule has 0 radical (unpaired) electrons. The quantitative estimate of drug-likeness (QED) is 0.453. The Labute approximate surface area is 189 Å². The van der Waals surface area contributed by atoms with Gasteiger partial charge in [-0.2, -0.15) is 0 Å². The number of carboxylic acids is 1. The van der Waals surface area contributed by atoms with Crippen molar-refractivity contribution in [3.05, 3.63) is 29.8 Å². The van der Waals surface area contributed by atoms with E-state index in [2.05, 4.69) is 20.4 Å². The molecule has 0 spiro atoms. The van der Waals surface area contributed by atoms with Gasteiger partial charge in [-0.3, -0.25) is 14.7 Å². The van der Waals surface area contributed by atoms with Crippen LogP contribution in [0.3, 0.4) is 0 Å². The van der Waals surface area contributed by atoms with E-state index in [9.17, 15) is 14.7 Å². The van der Waals surface area contributed by atoms with E-state index in [1.165, 1.54) is 0 Å². The number of hydrogen-bond donors (Lipinski definition) is 3. The minimum atomic E-state index is -0.964. The van der Waals surface area contributed by atoms with Crippen LogP contribution in [-0.2, 0) is 9.53 Å². The maximum Gasteiger partial charge on any atom is 0.335 e.